The summed E-state index contributed by atoms with van der Waals surface area (Å²) in [4.78, 5) is 11.4. The van der Waals surface area contributed by atoms with Crippen molar-refractivity contribution in [2.75, 3.05) is 19.1 Å². The van der Waals surface area contributed by atoms with Crippen LogP contribution in [0.3, 0.4) is 0 Å². The van der Waals surface area contributed by atoms with Crippen LogP contribution in [0.2, 0.25) is 0 Å². The second-order valence-corrected chi connectivity index (χ2v) is 10.7. The Morgan fingerprint density at radius 1 is 0.882 bits per heavy atom. The Morgan fingerprint density at radius 2 is 1.35 bits per heavy atom. The Hall–Kier alpha value is -3.26. The minimum Gasteiger partial charge on any atom is -0.497 e. The fourth-order valence-electron chi connectivity index (χ4n) is 3.23. The third-order valence-corrected chi connectivity index (χ3v) is 6.62. The molecule has 1 atom stereocenters. The van der Waals surface area contributed by atoms with Gasteiger partial charge in [-0.15, -0.1) is 0 Å². The molecule has 0 saturated carbocycles. The number of hydrogen-bond acceptors (Lipinski definition) is 6. The van der Waals surface area contributed by atoms with Gasteiger partial charge in [-0.3, -0.25) is 0 Å². The van der Waals surface area contributed by atoms with E-state index in [0.29, 0.717) is 30.3 Å². The molecule has 34 heavy (non-hydrogen) atoms. The molecule has 7 nitrogen and oxygen atoms in total. The lowest BCUT2D eigenvalue weighted by Crippen LogP contribution is -2.26. The van der Waals surface area contributed by atoms with Gasteiger partial charge in [0.25, 0.3) is 0 Å². The number of hydrogen-bond donors (Lipinski definition) is 0. The number of benzene rings is 2. The molecule has 0 saturated heterocycles. The zero-order chi connectivity index (χ0) is 24.7. The molecule has 3 aromatic rings. The van der Waals surface area contributed by atoms with Gasteiger partial charge in [-0.2, -0.15) is 4.40 Å². The summed E-state index contributed by atoms with van der Waals surface area (Å²) in [6.07, 6.45) is 3.30. The molecule has 0 bridgehead atoms. The van der Waals surface area contributed by atoms with Crippen molar-refractivity contribution >= 4 is 22.5 Å². The summed E-state index contributed by atoms with van der Waals surface area (Å²) in [5, 5.41) is 0. The number of methoxy groups -OCH3 is 2. The molecular weight excluding hydrogens is 448 g/mol. The van der Waals surface area contributed by atoms with Gasteiger partial charge in [0.1, 0.15) is 28.2 Å². The third-order valence-electron chi connectivity index (χ3n) is 5.13. The van der Waals surface area contributed by atoms with Gasteiger partial charge in [0.2, 0.25) is 0 Å². The van der Waals surface area contributed by atoms with E-state index in [2.05, 4.69) is 19.3 Å². The van der Waals surface area contributed by atoms with E-state index in [1.807, 2.05) is 76.2 Å². The smallest absolute Gasteiger partial charge is 0.157 e. The molecule has 2 aromatic carbocycles. The van der Waals surface area contributed by atoms with Gasteiger partial charge in [0.15, 0.2) is 5.82 Å². The fourth-order valence-corrected chi connectivity index (χ4v) is 3.84. The summed E-state index contributed by atoms with van der Waals surface area (Å²) in [5.41, 5.74) is 3.39. The van der Waals surface area contributed by atoms with E-state index in [1.165, 1.54) is 0 Å². The van der Waals surface area contributed by atoms with Crippen LogP contribution in [0.15, 0.2) is 65.3 Å². The zero-order valence-corrected chi connectivity index (χ0v) is 21.4. The molecule has 0 amide bonds. The molecule has 0 spiro atoms. The van der Waals surface area contributed by atoms with Crippen molar-refractivity contribution in [1.29, 1.82) is 0 Å². The number of aromatic nitrogens is 2. The van der Waals surface area contributed by atoms with Gasteiger partial charge in [-0.25, -0.2) is 14.2 Å². The average Bonchev–Trinajstić information content (AvgIpc) is 2.84. The average molecular weight is 481 g/mol. The summed E-state index contributed by atoms with van der Waals surface area (Å²) in [7, 11) is 1.91. The molecule has 0 fully saturated rings. The molecule has 0 radical (unpaired) electrons. The molecule has 1 unspecified atom stereocenters. The standard InChI is InChI=1S/C26H32N4O3S/c1-19(29-34(31)26(2,3)4)24-25(28-16-15-27-24)30(17-20-7-11-22(32-5)12-8-20)18-21-9-13-23(33-6)14-10-21/h7-16H,17-18H2,1-6H3. The van der Waals surface area contributed by atoms with Crippen LogP contribution in [0.4, 0.5) is 5.82 Å². The van der Waals surface area contributed by atoms with Crippen LogP contribution >= 0.6 is 0 Å². The minimum atomic E-state index is -1.40. The van der Waals surface area contributed by atoms with Crippen molar-refractivity contribution in [3.8, 4) is 11.5 Å². The Morgan fingerprint density at radius 3 is 1.79 bits per heavy atom. The van der Waals surface area contributed by atoms with Crippen LogP contribution < -0.4 is 14.4 Å². The van der Waals surface area contributed by atoms with E-state index in [-0.39, 0.29) is 0 Å². The molecule has 8 heteroatoms. The van der Waals surface area contributed by atoms with E-state index < -0.39 is 15.7 Å². The van der Waals surface area contributed by atoms with E-state index in [0.717, 1.165) is 22.6 Å². The highest BCUT2D eigenvalue weighted by atomic mass is 32.2. The van der Waals surface area contributed by atoms with Gasteiger partial charge in [-0.1, -0.05) is 24.3 Å². The van der Waals surface area contributed by atoms with Crippen molar-refractivity contribution < 1.29 is 13.7 Å². The number of nitrogens with zero attached hydrogens (tertiary/aromatic N) is 4. The maximum atomic E-state index is 12.7. The van der Waals surface area contributed by atoms with E-state index in [1.54, 1.807) is 26.6 Å². The maximum Gasteiger partial charge on any atom is 0.157 e. The number of ether oxygens (including phenoxy) is 2. The third kappa shape index (κ3) is 6.63. The number of anilines is 1. The lowest BCUT2D eigenvalue weighted by atomic mass is 10.1. The summed E-state index contributed by atoms with van der Waals surface area (Å²) in [6, 6.07) is 15.9. The van der Waals surface area contributed by atoms with E-state index >= 15 is 0 Å². The van der Waals surface area contributed by atoms with Gasteiger partial charge >= 0.3 is 0 Å². The monoisotopic (exact) mass is 480 g/mol. The Bertz CT molecular complexity index is 1090. The molecular formula is C26H32N4O3S. The van der Waals surface area contributed by atoms with E-state index in [4.69, 9.17) is 9.47 Å². The van der Waals surface area contributed by atoms with Gasteiger partial charge < -0.3 is 14.4 Å². The largest absolute Gasteiger partial charge is 0.497 e. The van der Waals surface area contributed by atoms with Crippen LogP contribution in [0.25, 0.3) is 0 Å². The highest BCUT2D eigenvalue weighted by molar-refractivity contribution is 7.85. The van der Waals surface area contributed by atoms with Crippen molar-refractivity contribution in [3.05, 3.63) is 77.7 Å². The van der Waals surface area contributed by atoms with Crippen LogP contribution in [-0.2, 0) is 24.1 Å². The SMILES string of the molecule is COc1ccc(CN(Cc2ccc(OC)cc2)c2nccnc2C(C)=NS(=O)C(C)(C)C)cc1. The first-order valence-electron chi connectivity index (χ1n) is 11.0. The molecule has 0 aliphatic heterocycles. The molecule has 0 N–H and O–H groups in total. The van der Waals surface area contributed by atoms with Crippen molar-refractivity contribution in [2.24, 2.45) is 4.40 Å². The molecule has 0 aliphatic rings. The summed E-state index contributed by atoms with van der Waals surface area (Å²) in [5.74, 6) is 2.29. The quantitative estimate of drug-likeness (QED) is 0.403. The summed E-state index contributed by atoms with van der Waals surface area (Å²) < 4.78 is 27.3. The lowest BCUT2D eigenvalue weighted by molar-refractivity contribution is 0.414. The zero-order valence-electron chi connectivity index (χ0n) is 20.6. The Kier molecular flexibility index (Phi) is 8.39. The lowest BCUT2D eigenvalue weighted by Gasteiger charge is -2.26. The Balaban J connectivity index is 2.01. The Labute approximate surface area is 204 Å². The van der Waals surface area contributed by atoms with E-state index in [9.17, 15) is 4.21 Å². The predicted molar refractivity (Wildman–Crippen MR) is 138 cm³/mol. The molecule has 3 rings (SSSR count). The second kappa shape index (κ2) is 11.2. The number of rotatable bonds is 9. The minimum absolute atomic E-state index is 0.463. The van der Waals surface area contributed by atoms with Gasteiger partial charge in [-0.05, 0) is 63.1 Å². The summed E-state index contributed by atoms with van der Waals surface area (Å²) >= 11 is 0. The molecule has 0 aliphatic carbocycles. The molecule has 1 heterocycles. The van der Waals surface area contributed by atoms with Gasteiger partial charge in [0.05, 0.1) is 24.7 Å². The first-order valence-corrected chi connectivity index (χ1v) is 12.1. The fraction of sp³-hybridized carbons (Fsp3) is 0.346. The maximum absolute atomic E-state index is 12.7. The van der Waals surface area contributed by atoms with Crippen molar-refractivity contribution in [1.82, 2.24) is 9.97 Å². The normalized spacial score (nSPS) is 12.8. The molecule has 180 valence electrons. The first kappa shape index (κ1) is 25.4. The second-order valence-electron chi connectivity index (χ2n) is 8.82. The molecule has 1 aromatic heterocycles. The van der Waals surface area contributed by atoms with Crippen LogP contribution in [0.5, 0.6) is 11.5 Å². The van der Waals surface area contributed by atoms with Crippen LogP contribution in [0.1, 0.15) is 44.5 Å². The topological polar surface area (TPSA) is 76.9 Å². The van der Waals surface area contributed by atoms with Crippen molar-refractivity contribution in [2.45, 2.75) is 45.5 Å². The highest BCUT2D eigenvalue weighted by Gasteiger charge is 2.22. The first-order chi connectivity index (χ1) is 16.2. The van der Waals surface area contributed by atoms with Crippen LogP contribution in [-0.4, -0.2) is 38.9 Å². The highest BCUT2D eigenvalue weighted by Crippen LogP contribution is 2.24. The van der Waals surface area contributed by atoms with Crippen LogP contribution in [0, 0.1) is 0 Å². The summed E-state index contributed by atoms with van der Waals surface area (Å²) in [6.45, 7) is 8.72. The van der Waals surface area contributed by atoms with Gasteiger partial charge in [0, 0.05) is 25.5 Å². The predicted octanol–water partition coefficient (Wildman–Crippen LogP) is 4.97. The van der Waals surface area contributed by atoms with Crippen molar-refractivity contribution in [3.63, 3.8) is 0 Å².